The van der Waals surface area contributed by atoms with Crippen molar-refractivity contribution < 1.29 is 9.59 Å². The third-order valence-electron chi connectivity index (χ3n) is 5.25. The van der Waals surface area contributed by atoms with Crippen molar-refractivity contribution in [3.63, 3.8) is 0 Å². The Bertz CT molecular complexity index is 380. The smallest absolute Gasteiger partial charge is 0.225 e. The molecular weight excluding hydrogens is 350 g/mol. The number of carbonyl (C=O) groups excluding carboxylic acids is 2. The first-order valence-electron chi connectivity index (χ1n) is 10.4. The van der Waals surface area contributed by atoms with Gasteiger partial charge in [0.1, 0.15) is 0 Å². The van der Waals surface area contributed by atoms with Crippen LogP contribution in [0.4, 0.5) is 0 Å². The summed E-state index contributed by atoms with van der Waals surface area (Å²) in [5.41, 5.74) is 5.34. The molecule has 2 amide bonds. The highest BCUT2D eigenvalue weighted by molar-refractivity contribution is 5.87. The summed E-state index contributed by atoms with van der Waals surface area (Å²) in [4.78, 5) is 23.4. The summed E-state index contributed by atoms with van der Waals surface area (Å²) < 4.78 is 0. The van der Waals surface area contributed by atoms with E-state index in [-0.39, 0.29) is 36.1 Å². The molecule has 1 aliphatic heterocycles. The number of nitrogens with two attached hydrogens (primary N) is 1. The number of unbranched alkanes of at least 4 members (excludes halogenated alkanes) is 11. The molecule has 0 bridgehead atoms. The summed E-state index contributed by atoms with van der Waals surface area (Å²) in [6.07, 6.45) is 15.7. The molecule has 2 atom stereocenters. The molecule has 0 spiro atoms. The number of hydrogen-bond donors (Lipinski definition) is 3. The largest absolute Gasteiger partial charge is 0.369 e. The molecular formula is C20H40ClN3O2. The normalized spacial score (nSPS) is 19.1. The van der Waals surface area contributed by atoms with Gasteiger partial charge in [-0.3, -0.25) is 9.59 Å². The van der Waals surface area contributed by atoms with Gasteiger partial charge in [-0.25, -0.2) is 0 Å². The molecule has 0 aromatic rings. The second-order valence-corrected chi connectivity index (χ2v) is 7.45. The van der Waals surface area contributed by atoms with E-state index < -0.39 is 0 Å². The van der Waals surface area contributed by atoms with Crippen molar-refractivity contribution >= 4 is 24.2 Å². The Balaban J connectivity index is 0.00000625. The lowest BCUT2D eigenvalue weighted by atomic mass is 9.94. The average molecular weight is 390 g/mol. The molecule has 1 fully saturated rings. The SMILES string of the molecule is CCCCCCCCCCCCCCNC(=O)C1CNCC1C(N)=O.Cl. The first-order chi connectivity index (χ1) is 12.2. The van der Waals surface area contributed by atoms with Gasteiger partial charge in [0.05, 0.1) is 11.8 Å². The summed E-state index contributed by atoms with van der Waals surface area (Å²) in [6, 6.07) is 0. The first kappa shape index (κ1) is 25.2. The highest BCUT2D eigenvalue weighted by Crippen LogP contribution is 2.16. The lowest BCUT2D eigenvalue weighted by Gasteiger charge is -2.15. The summed E-state index contributed by atoms with van der Waals surface area (Å²) >= 11 is 0. The van der Waals surface area contributed by atoms with Crippen molar-refractivity contribution in [3.05, 3.63) is 0 Å². The van der Waals surface area contributed by atoms with Gasteiger partial charge in [-0.1, -0.05) is 77.6 Å². The zero-order chi connectivity index (χ0) is 18.3. The molecule has 154 valence electrons. The number of halogens is 1. The van der Waals surface area contributed by atoms with Crippen LogP contribution in [0.15, 0.2) is 0 Å². The summed E-state index contributed by atoms with van der Waals surface area (Å²) in [5, 5.41) is 6.03. The van der Waals surface area contributed by atoms with E-state index in [0.717, 1.165) is 6.42 Å². The molecule has 1 aliphatic rings. The van der Waals surface area contributed by atoms with Crippen LogP contribution in [0.25, 0.3) is 0 Å². The lowest BCUT2D eigenvalue weighted by Crippen LogP contribution is -2.39. The first-order valence-corrected chi connectivity index (χ1v) is 10.4. The number of nitrogens with one attached hydrogen (secondary N) is 2. The van der Waals surface area contributed by atoms with E-state index in [9.17, 15) is 9.59 Å². The van der Waals surface area contributed by atoms with E-state index in [0.29, 0.717) is 19.6 Å². The Kier molecular flexibility index (Phi) is 15.9. The topological polar surface area (TPSA) is 84.2 Å². The van der Waals surface area contributed by atoms with Crippen molar-refractivity contribution in [2.45, 2.75) is 84.0 Å². The van der Waals surface area contributed by atoms with Gasteiger partial charge in [0, 0.05) is 19.6 Å². The van der Waals surface area contributed by atoms with Crippen LogP contribution in [0.1, 0.15) is 84.0 Å². The van der Waals surface area contributed by atoms with Gasteiger partial charge < -0.3 is 16.4 Å². The van der Waals surface area contributed by atoms with Crippen molar-refractivity contribution in [2.75, 3.05) is 19.6 Å². The number of amides is 2. The zero-order valence-corrected chi connectivity index (χ0v) is 17.4. The summed E-state index contributed by atoms with van der Waals surface area (Å²) in [5.74, 6) is -1.07. The van der Waals surface area contributed by atoms with E-state index in [4.69, 9.17) is 5.73 Å². The van der Waals surface area contributed by atoms with Gasteiger partial charge in [0.2, 0.25) is 11.8 Å². The van der Waals surface area contributed by atoms with Crippen molar-refractivity contribution in [2.24, 2.45) is 17.6 Å². The highest BCUT2D eigenvalue weighted by atomic mass is 35.5. The standard InChI is InChI=1S/C20H39N3O2.ClH/c1-2-3-4-5-6-7-8-9-10-11-12-13-14-23-20(25)18-16-22-15-17(18)19(21)24;/h17-18,22H,2-16H2,1H3,(H2,21,24)(H,23,25);1H. The maximum Gasteiger partial charge on any atom is 0.225 e. The van der Waals surface area contributed by atoms with Gasteiger partial charge >= 0.3 is 0 Å². The van der Waals surface area contributed by atoms with Crippen LogP contribution in [0, 0.1) is 11.8 Å². The third kappa shape index (κ3) is 11.0. The maximum absolute atomic E-state index is 12.1. The fraction of sp³-hybridized carbons (Fsp3) is 0.900. The van der Waals surface area contributed by atoms with Crippen LogP contribution in [0.5, 0.6) is 0 Å². The number of primary amides is 1. The van der Waals surface area contributed by atoms with Gasteiger partial charge in [-0.05, 0) is 6.42 Å². The van der Waals surface area contributed by atoms with Crippen molar-refractivity contribution in [1.82, 2.24) is 10.6 Å². The molecule has 4 N–H and O–H groups in total. The molecule has 26 heavy (non-hydrogen) atoms. The molecule has 0 aromatic carbocycles. The minimum atomic E-state index is -0.379. The van der Waals surface area contributed by atoms with Gasteiger partial charge in [0.15, 0.2) is 0 Å². The van der Waals surface area contributed by atoms with Gasteiger partial charge in [-0.2, -0.15) is 0 Å². The van der Waals surface area contributed by atoms with E-state index in [2.05, 4.69) is 17.6 Å². The van der Waals surface area contributed by atoms with Crippen LogP contribution in [-0.4, -0.2) is 31.4 Å². The van der Waals surface area contributed by atoms with Crippen LogP contribution in [-0.2, 0) is 9.59 Å². The molecule has 0 aromatic heterocycles. The van der Waals surface area contributed by atoms with E-state index in [1.807, 2.05) is 0 Å². The Morgan fingerprint density at radius 1 is 0.846 bits per heavy atom. The lowest BCUT2D eigenvalue weighted by molar-refractivity contribution is -0.131. The molecule has 1 rings (SSSR count). The zero-order valence-electron chi connectivity index (χ0n) is 16.6. The Hall–Kier alpha value is -0.810. The Morgan fingerprint density at radius 2 is 1.31 bits per heavy atom. The molecule has 6 heteroatoms. The van der Waals surface area contributed by atoms with E-state index in [1.54, 1.807) is 0 Å². The third-order valence-corrected chi connectivity index (χ3v) is 5.25. The molecule has 0 aliphatic carbocycles. The van der Waals surface area contributed by atoms with Crippen molar-refractivity contribution in [1.29, 1.82) is 0 Å². The average Bonchev–Trinajstić information content (AvgIpc) is 3.09. The predicted octanol–water partition coefficient (Wildman–Crippen LogP) is 3.55. The fourth-order valence-corrected chi connectivity index (χ4v) is 3.56. The molecule has 1 saturated heterocycles. The fourth-order valence-electron chi connectivity index (χ4n) is 3.56. The minimum Gasteiger partial charge on any atom is -0.369 e. The second kappa shape index (κ2) is 16.4. The maximum atomic E-state index is 12.1. The van der Waals surface area contributed by atoms with Gasteiger partial charge in [-0.15, -0.1) is 12.4 Å². The minimum absolute atomic E-state index is 0. The van der Waals surface area contributed by atoms with Crippen LogP contribution >= 0.6 is 12.4 Å². The monoisotopic (exact) mass is 389 g/mol. The number of hydrogen-bond acceptors (Lipinski definition) is 3. The molecule has 0 radical (unpaired) electrons. The van der Waals surface area contributed by atoms with Crippen LogP contribution < -0.4 is 16.4 Å². The van der Waals surface area contributed by atoms with E-state index in [1.165, 1.54) is 70.6 Å². The number of carbonyl (C=O) groups is 2. The molecule has 0 saturated carbocycles. The van der Waals surface area contributed by atoms with Crippen LogP contribution in [0.3, 0.4) is 0 Å². The molecule has 2 unspecified atom stereocenters. The second-order valence-electron chi connectivity index (χ2n) is 7.45. The Labute approximate surface area is 166 Å². The van der Waals surface area contributed by atoms with Crippen LogP contribution in [0.2, 0.25) is 0 Å². The molecule has 5 nitrogen and oxygen atoms in total. The highest BCUT2D eigenvalue weighted by Gasteiger charge is 2.36. The molecule has 1 heterocycles. The summed E-state index contributed by atoms with van der Waals surface area (Å²) in [7, 11) is 0. The quantitative estimate of drug-likeness (QED) is 0.374. The summed E-state index contributed by atoms with van der Waals surface area (Å²) in [6.45, 7) is 4.04. The predicted molar refractivity (Wildman–Crippen MR) is 110 cm³/mol. The van der Waals surface area contributed by atoms with Crippen molar-refractivity contribution in [3.8, 4) is 0 Å². The van der Waals surface area contributed by atoms with Gasteiger partial charge in [0.25, 0.3) is 0 Å². The van der Waals surface area contributed by atoms with E-state index >= 15 is 0 Å². The Morgan fingerprint density at radius 3 is 1.81 bits per heavy atom. The number of rotatable bonds is 15.